The normalized spacial score (nSPS) is 21.5. The van der Waals surface area contributed by atoms with Crippen LogP contribution in [0.1, 0.15) is 30.9 Å². The van der Waals surface area contributed by atoms with E-state index in [9.17, 15) is 18.0 Å². The van der Waals surface area contributed by atoms with Gasteiger partial charge in [-0.25, -0.2) is 8.42 Å². The zero-order valence-electron chi connectivity index (χ0n) is 19.4. The van der Waals surface area contributed by atoms with Crippen molar-refractivity contribution in [3.8, 4) is 0 Å². The van der Waals surface area contributed by atoms with Gasteiger partial charge in [-0.3, -0.25) is 14.5 Å². The number of hydrogen-bond donors (Lipinski definition) is 1. The van der Waals surface area contributed by atoms with Gasteiger partial charge in [0.2, 0.25) is 21.8 Å². The molecule has 8 nitrogen and oxygen atoms in total. The number of sulfonamides is 1. The van der Waals surface area contributed by atoms with E-state index >= 15 is 0 Å². The number of benzene rings is 2. The number of aryl methyl sites for hydroxylation is 2. The third-order valence-corrected chi connectivity index (χ3v) is 8.92. The van der Waals surface area contributed by atoms with Crippen LogP contribution in [0.15, 0.2) is 47.4 Å². The average Bonchev–Trinajstić information content (AvgIpc) is 3.23. The smallest absolute Gasteiger partial charge is 0.243 e. The van der Waals surface area contributed by atoms with Crippen LogP contribution in [0.25, 0.3) is 0 Å². The number of hydrogen-bond acceptors (Lipinski definition) is 5. The number of fused-ring (bicyclic) bond motifs is 2. The van der Waals surface area contributed by atoms with Crippen LogP contribution in [-0.4, -0.2) is 68.2 Å². The van der Waals surface area contributed by atoms with E-state index in [-0.39, 0.29) is 30.8 Å². The van der Waals surface area contributed by atoms with E-state index in [0.717, 1.165) is 24.8 Å². The lowest BCUT2D eigenvalue weighted by atomic mass is 10.1. The van der Waals surface area contributed by atoms with E-state index in [1.54, 1.807) is 17.0 Å². The highest BCUT2D eigenvalue weighted by atomic mass is 32.2. The second kappa shape index (κ2) is 9.13. The Kier molecular flexibility index (Phi) is 6.18. The van der Waals surface area contributed by atoms with Crippen LogP contribution in [0.2, 0.25) is 0 Å². The summed E-state index contributed by atoms with van der Waals surface area (Å²) in [4.78, 5) is 29.6. The summed E-state index contributed by atoms with van der Waals surface area (Å²) >= 11 is 0. The van der Waals surface area contributed by atoms with Crippen LogP contribution < -0.4 is 10.2 Å². The minimum absolute atomic E-state index is 0.0913. The van der Waals surface area contributed by atoms with Crippen molar-refractivity contribution in [2.24, 2.45) is 0 Å². The van der Waals surface area contributed by atoms with Gasteiger partial charge in [-0.2, -0.15) is 4.31 Å². The third-order valence-electron chi connectivity index (χ3n) is 7.03. The molecule has 0 radical (unpaired) electrons. The molecule has 1 fully saturated rings. The highest BCUT2D eigenvalue weighted by Crippen LogP contribution is 2.31. The molecule has 2 aliphatic heterocycles. The maximum absolute atomic E-state index is 13.3. The molecule has 2 amide bonds. The van der Waals surface area contributed by atoms with Gasteiger partial charge in [-0.15, -0.1) is 0 Å². The molecule has 180 valence electrons. The molecule has 9 heteroatoms. The number of rotatable bonds is 4. The summed E-state index contributed by atoms with van der Waals surface area (Å²) in [6.07, 6.45) is 3.27. The summed E-state index contributed by atoms with van der Waals surface area (Å²) in [6.45, 7) is 3.71. The van der Waals surface area contributed by atoms with Gasteiger partial charge in [0, 0.05) is 38.6 Å². The standard InChI is InChI=1S/C25H30N4O4S/c1-18-15-24(30)26-22-7-2-3-8-23(22)29(18)25(31)17-27-11-13-28(14-12-27)34(32,33)21-10-9-19-5-4-6-20(19)16-21/h2-3,7-10,16,18H,4-6,11-15,17H2,1H3,(H,26,30)/t18-/m1/s1. The number of anilines is 2. The summed E-state index contributed by atoms with van der Waals surface area (Å²) < 4.78 is 27.9. The van der Waals surface area contributed by atoms with E-state index in [1.807, 2.05) is 42.2 Å². The maximum atomic E-state index is 13.3. The van der Waals surface area contributed by atoms with Crippen molar-refractivity contribution in [2.75, 3.05) is 42.9 Å². The Morgan fingerprint density at radius 2 is 1.76 bits per heavy atom. The molecular formula is C25H30N4O4S. The third kappa shape index (κ3) is 4.35. The first kappa shape index (κ1) is 23.0. The number of piperazine rings is 1. The number of para-hydroxylation sites is 2. The van der Waals surface area contributed by atoms with Crippen molar-refractivity contribution >= 4 is 33.2 Å². The highest BCUT2D eigenvalue weighted by Gasteiger charge is 2.33. The van der Waals surface area contributed by atoms with Crippen LogP contribution in [0.4, 0.5) is 11.4 Å². The van der Waals surface area contributed by atoms with Gasteiger partial charge >= 0.3 is 0 Å². The lowest BCUT2D eigenvalue weighted by Crippen LogP contribution is -2.52. The predicted octanol–water partition coefficient (Wildman–Crippen LogP) is 2.25. The Morgan fingerprint density at radius 3 is 2.56 bits per heavy atom. The Hall–Kier alpha value is -2.75. The van der Waals surface area contributed by atoms with Gasteiger partial charge < -0.3 is 10.2 Å². The second-order valence-electron chi connectivity index (χ2n) is 9.35. The van der Waals surface area contributed by atoms with Crippen LogP contribution in [0.5, 0.6) is 0 Å². The lowest BCUT2D eigenvalue weighted by molar-refractivity contribution is -0.120. The molecule has 0 unspecified atom stereocenters. The molecule has 0 aromatic heterocycles. The molecule has 1 aliphatic carbocycles. The van der Waals surface area contributed by atoms with E-state index < -0.39 is 10.0 Å². The van der Waals surface area contributed by atoms with Crippen LogP contribution in [0, 0.1) is 0 Å². The van der Waals surface area contributed by atoms with Crippen molar-refractivity contribution in [1.82, 2.24) is 9.21 Å². The molecule has 2 aromatic rings. The summed E-state index contributed by atoms with van der Waals surface area (Å²) in [5, 5.41) is 2.87. The fourth-order valence-corrected chi connectivity index (χ4v) is 6.69. The molecule has 1 atom stereocenters. The van der Waals surface area contributed by atoms with Crippen LogP contribution >= 0.6 is 0 Å². The largest absolute Gasteiger partial charge is 0.324 e. The number of nitrogens with zero attached hydrogens (tertiary/aromatic N) is 3. The Bertz CT molecular complexity index is 1220. The quantitative estimate of drug-likeness (QED) is 0.722. The minimum Gasteiger partial charge on any atom is -0.324 e. The Labute approximate surface area is 200 Å². The van der Waals surface area contributed by atoms with Crippen molar-refractivity contribution in [3.05, 3.63) is 53.6 Å². The molecule has 3 aliphatic rings. The fourth-order valence-electron chi connectivity index (χ4n) is 5.22. The molecule has 1 N–H and O–H groups in total. The summed E-state index contributed by atoms with van der Waals surface area (Å²) in [7, 11) is -3.55. The topological polar surface area (TPSA) is 90.0 Å². The van der Waals surface area contributed by atoms with Crippen molar-refractivity contribution in [2.45, 2.75) is 43.5 Å². The molecule has 2 aromatic carbocycles. The average molecular weight is 483 g/mol. The zero-order chi connectivity index (χ0) is 23.9. The highest BCUT2D eigenvalue weighted by molar-refractivity contribution is 7.89. The molecule has 2 heterocycles. The fraction of sp³-hybridized carbons (Fsp3) is 0.440. The molecule has 0 spiro atoms. The number of amides is 2. The summed E-state index contributed by atoms with van der Waals surface area (Å²) in [5.74, 6) is -0.202. The molecule has 0 bridgehead atoms. The first-order chi connectivity index (χ1) is 16.3. The number of nitrogens with one attached hydrogen (secondary N) is 1. The Morgan fingerprint density at radius 1 is 1.03 bits per heavy atom. The molecular weight excluding hydrogens is 452 g/mol. The minimum atomic E-state index is -3.55. The van der Waals surface area contributed by atoms with E-state index in [1.165, 1.54) is 9.87 Å². The zero-order valence-corrected chi connectivity index (χ0v) is 20.2. The molecule has 34 heavy (non-hydrogen) atoms. The maximum Gasteiger partial charge on any atom is 0.243 e. The van der Waals surface area contributed by atoms with Gasteiger partial charge in [-0.05, 0) is 61.6 Å². The number of carbonyl (C=O) groups excluding carboxylic acids is 2. The lowest BCUT2D eigenvalue weighted by Gasteiger charge is -2.35. The molecule has 1 saturated heterocycles. The van der Waals surface area contributed by atoms with Crippen LogP contribution in [-0.2, 0) is 32.5 Å². The van der Waals surface area contributed by atoms with Crippen LogP contribution in [0.3, 0.4) is 0 Å². The first-order valence-corrected chi connectivity index (χ1v) is 13.3. The van der Waals surface area contributed by atoms with Gasteiger partial charge in [0.1, 0.15) is 0 Å². The van der Waals surface area contributed by atoms with Crippen molar-refractivity contribution < 1.29 is 18.0 Å². The monoisotopic (exact) mass is 482 g/mol. The summed E-state index contributed by atoms with van der Waals surface area (Å²) in [6, 6.07) is 12.6. The SMILES string of the molecule is C[C@@H]1CC(=O)Nc2ccccc2N1C(=O)CN1CCN(S(=O)(=O)c2ccc3c(c2)CCC3)CC1. The van der Waals surface area contributed by atoms with Gasteiger partial charge in [-0.1, -0.05) is 18.2 Å². The van der Waals surface area contributed by atoms with Gasteiger partial charge in [0.05, 0.1) is 22.8 Å². The van der Waals surface area contributed by atoms with E-state index in [2.05, 4.69) is 5.32 Å². The van der Waals surface area contributed by atoms with Crippen molar-refractivity contribution in [3.63, 3.8) is 0 Å². The van der Waals surface area contributed by atoms with E-state index in [0.29, 0.717) is 42.4 Å². The molecule has 0 saturated carbocycles. The Balaban J connectivity index is 1.25. The summed E-state index contributed by atoms with van der Waals surface area (Å²) in [5.41, 5.74) is 3.73. The van der Waals surface area contributed by atoms with E-state index in [4.69, 9.17) is 0 Å². The predicted molar refractivity (Wildman–Crippen MR) is 130 cm³/mol. The number of carbonyl (C=O) groups is 2. The first-order valence-electron chi connectivity index (χ1n) is 11.9. The second-order valence-corrected chi connectivity index (χ2v) is 11.3. The van der Waals surface area contributed by atoms with Crippen molar-refractivity contribution in [1.29, 1.82) is 0 Å². The molecule has 5 rings (SSSR count). The van der Waals surface area contributed by atoms with Gasteiger partial charge in [0.25, 0.3) is 0 Å². The van der Waals surface area contributed by atoms with Gasteiger partial charge in [0.15, 0.2) is 0 Å².